The summed E-state index contributed by atoms with van der Waals surface area (Å²) in [6.07, 6.45) is 25.6. The van der Waals surface area contributed by atoms with Crippen LogP contribution in [0.2, 0.25) is 13.1 Å². The first kappa shape index (κ1) is 34.1. The van der Waals surface area contributed by atoms with E-state index in [0.717, 1.165) is 19.3 Å². The van der Waals surface area contributed by atoms with Gasteiger partial charge < -0.3 is 4.90 Å². The van der Waals surface area contributed by atoms with Crippen molar-refractivity contribution in [1.82, 2.24) is 0 Å². The van der Waals surface area contributed by atoms with Crippen LogP contribution < -0.4 is 10.1 Å². The molecule has 2 atom stereocenters. The lowest BCUT2D eigenvalue weighted by Crippen LogP contribution is -2.51. The van der Waals surface area contributed by atoms with Crippen molar-refractivity contribution >= 4 is 48.4 Å². The SMILES string of the molecule is CC1(C)c2cc(C=Cc3ccc(C=C4c5ccccc5CCC5C=CC=CC45)cc3)ccc2-c2ccc(N3C4=C(C=CCC4)[Si](C)(C)c4ccccc43)cc21. The molecule has 5 aromatic rings. The van der Waals surface area contributed by atoms with E-state index in [0.29, 0.717) is 11.8 Å². The Morgan fingerprint density at radius 3 is 2.27 bits per heavy atom. The van der Waals surface area contributed by atoms with Crippen molar-refractivity contribution in [3.63, 3.8) is 0 Å². The number of aryl methyl sites for hydroxylation is 1. The fourth-order valence-corrected chi connectivity index (χ4v) is 13.4. The number of benzene rings is 5. The quantitative estimate of drug-likeness (QED) is 0.132. The van der Waals surface area contributed by atoms with Crippen molar-refractivity contribution in [2.24, 2.45) is 11.8 Å². The van der Waals surface area contributed by atoms with Gasteiger partial charge in [-0.1, -0.05) is 173 Å². The number of hydrogen-bond acceptors (Lipinski definition) is 1. The molecule has 0 saturated carbocycles. The smallest absolute Gasteiger partial charge is 0.117 e. The highest BCUT2D eigenvalue weighted by atomic mass is 28.3. The summed E-state index contributed by atoms with van der Waals surface area (Å²) < 4.78 is 0. The second-order valence-electron chi connectivity index (χ2n) is 17.2. The molecule has 0 radical (unpaired) electrons. The largest absolute Gasteiger partial charge is 0.314 e. The molecule has 2 heteroatoms. The first-order valence-corrected chi connectivity index (χ1v) is 23.3. The first-order chi connectivity index (χ1) is 26.8. The van der Waals surface area contributed by atoms with Gasteiger partial charge in [-0.05, 0) is 116 Å². The average molecular weight is 728 g/mol. The van der Waals surface area contributed by atoms with Gasteiger partial charge in [0.05, 0.1) is 0 Å². The van der Waals surface area contributed by atoms with E-state index < -0.39 is 8.07 Å². The second kappa shape index (κ2) is 13.1. The first-order valence-electron chi connectivity index (χ1n) is 20.3. The van der Waals surface area contributed by atoms with E-state index in [1.807, 2.05) is 0 Å². The van der Waals surface area contributed by atoms with E-state index in [9.17, 15) is 0 Å². The van der Waals surface area contributed by atoms with E-state index in [1.165, 1.54) is 84.3 Å². The molecule has 5 aromatic carbocycles. The van der Waals surface area contributed by atoms with Crippen molar-refractivity contribution in [2.45, 2.75) is 58.0 Å². The van der Waals surface area contributed by atoms with Crippen LogP contribution in [0.15, 0.2) is 157 Å². The normalized spacial score (nSPS) is 21.8. The van der Waals surface area contributed by atoms with Gasteiger partial charge >= 0.3 is 0 Å². The van der Waals surface area contributed by atoms with Crippen LogP contribution in [-0.2, 0) is 11.8 Å². The van der Waals surface area contributed by atoms with E-state index >= 15 is 0 Å². The monoisotopic (exact) mass is 727 g/mol. The molecule has 1 nitrogen and oxygen atoms in total. The molecule has 0 bridgehead atoms. The van der Waals surface area contributed by atoms with E-state index in [2.05, 4.69) is 196 Å². The summed E-state index contributed by atoms with van der Waals surface area (Å²) in [6, 6.07) is 41.6. The lowest BCUT2D eigenvalue weighted by atomic mass is 9.79. The Morgan fingerprint density at radius 1 is 0.691 bits per heavy atom. The van der Waals surface area contributed by atoms with Crippen molar-refractivity contribution < 1.29 is 0 Å². The molecule has 5 aliphatic rings. The lowest BCUT2D eigenvalue weighted by Gasteiger charge is -2.43. The molecule has 1 heterocycles. The molecule has 0 aromatic heterocycles. The third-order valence-electron chi connectivity index (χ3n) is 13.3. The van der Waals surface area contributed by atoms with Crippen LogP contribution in [0, 0.1) is 11.8 Å². The second-order valence-corrected chi connectivity index (χ2v) is 21.5. The summed E-state index contributed by atoms with van der Waals surface area (Å²) >= 11 is 0. The summed E-state index contributed by atoms with van der Waals surface area (Å²) in [4.78, 5) is 2.60. The number of hydrogen-bond donors (Lipinski definition) is 0. The van der Waals surface area contributed by atoms with E-state index in [4.69, 9.17) is 0 Å². The van der Waals surface area contributed by atoms with Gasteiger partial charge in [0.2, 0.25) is 0 Å². The summed E-state index contributed by atoms with van der Waals surface area (Å²) in [5.74, 6) is 0.976. The van der Waals surface area contributed by atoms with Crippen molar-refractivity contribution in [2.75, 3.05) is 4.90 Å². The van der Waals surface area contributed by atoms with Crippen LogP contribution in [0.3, 0.4) is 0 Å². The van der Waals surface area contributed by atoms with Gasteiger partial charge in [-0.2, -0.15) is 0 Å². The highest BCUT2D eigenvalue weighted by Gasteiger charge is 2.41. The molecule has 0 N–H and O–H groups in total. The van der Waals surface area contributed by atoms with Gasteiger partial charge in [0.25, 0.3) is 0 Å². The van der Waals surface area contributed by atoms with Gasteiger partial charge in [-0.3, -0.25) is 0 Å². The predicted octanol–water partition coefficient (Wildman–Crippen LogP) is 13.2. The molecule has 0 saturated heterocycles. The highest BCUT2D eigenvalue weighted by molar-refractivity contribution is 6.97. The molecular weight excluding hydrogens is 679 g/mol. The number of nitrogens with zero attached hydrogens (tertiary/aromatic N) is 1. The zero-order valence-electron chi connectivity index (χ0n) is 32.5. The fraction of sp³-hybridized carbons (Fsp3) is 0.208. The Morgan fingerprint density at radius 2 is 1.40 bits per heavy atom. The third-order valence-corrected chi connectivity index (χ3v) is 16.8. The number of fused-ring (bicyclic) bond motifs is 6. The molecule has 4 aliphatic carbocycles. The fourth-order valence-electron chi connectivity index (χ4n) is 10.3. The van der Waals surface area contributed by atoms with Crippen LogP contribution in [-0.4, -0.2) is 8.07 Å². The molecule has 2 unspecified atom stereocenters. The van der Waals surface area contributed by atoms with Crippen molar-refractivity contribution in [3.05, 3.63) is 195 Å². The molecule has 55 heavy (non-hydrogen) atoms. The van der Waals surface area contributed by atoms with E-state index in [-0.39, 0.29) is 5.41 Å². The predicted molar refractivity (Wildman–Crippen MR) is 238 cm³/mol. The van der Waals surface area contributed by atoms with Gasteiger partial charge in [0, 0.05) is 28.4 Å². The number of para-hydroxylation sites is 1. The molecular formula is C53H49NSi. The Labute approximate surface area is 328 Å². The van der Waals surface area contributed by atoms with Crippen molar-refractivity contribution in [1.29, 1.82) is 0 Å². The minimum atomic E-state index is -1.78. The molecule has 0 fully saturated rings. The zero-order valence-corrected chi connectivity index (χ0v) is 33.5. The molecule has 0 amide bonds. The standard InChI is InChI=1S/C53H49NSi/c1-53(2)47-34-38(26-23-36-21-24-37(25-22-36)33-46-42-15-7-5-13-39(42)28-29-40-14-6-8-16-43(40)46)27-31-44(47)45-32-30-41(35-48(45)53)54-49-17-9-11-19-51(49)55(3,4)52-20-12-10-18-50(52)54/h5-9,11-17,19-27,30-35,39,42H,10,18,28-29H2,1-4H3. The van der Waals surface area contributed by atoms with Gasteiger partial charge in [-0.15, -0.1) is 0 Å². The summed E-state index contributed by atoms with van der Waals surface area (Å²) in [7, 11) is -1.78. The summed E-state index contributed by atoms with van der Waals surface area (Å²) in [5, 5.41) is 3.12. The summed E-state index contributed by atoms with van der Waals surface area (Å²) in [6.45, 7) is 9.86. The Hall–Kier alpha value is -5.44. The maximum absolute atomic E-state index is 2.60. The number of allylic oxidation sites excluding steroid dienone is 9. The van der Waals surface area contributed by atoms with Crippen LogP contribution in [0.4, 0.5) is 11.4 Å². The van der Waals surface area contributed by atoms with Crippen LogP contribution in [0.25, 0.3) is 34.9 Å². The third kappa shape index (κ3) is 5.64. The highest BCUT2D eigenvalue weighted by Crippen LogP contribution is 2.52. The Bertz CT molecular complexity index is 2550. The van der Waals surface area contributed by atoms with Crippen molar-refractivity contribution in [3.8, 4) is 11.1 Å². The van der Waals surface area contributed by atoms with Crippen LogP contribution >= 0.6 is 0 Å². The molecule has 10 rings (SSSR count). The number of rotatable bonds is 4. The maximum Gasteiger partial charge on any atom is 0.117 e. The van der Waals surface area contributed by atoms with Crippen LogP contribution in [0.1, 0.15) is 72.1 Å². The molecule has 0 spiro atoms. The summed E-state index contributed by atoms with van der Waals surface area (Å²) in [5.41, 5.74) is 17.6. The Kier molecular flexibility index (Phi) is 8.12. The van der Waals surface area contributed by atoms with Gasteiger partial charge in [0.1, 0.15) is 8.07 Å². The molecule has 270 valence electrons. The molecule has 1 aliphatic heterocycles. The minimum absolute atomic E-state index is 0.106. The maximum atomic E-state index is 2.60. The van der Waals surface area contributed by atoms with Crippen LogP contribution in [0.5, 0.6) is 0 Å². The lowest BCUT2D eigenvalue weighted by molar-refractivity contribution is 0.530. The van der Waals surface area contributed by atoms with Gasteiger partial charge in [-0.25, -0.2) is 0 Å². The topological polar surface area (TPSA) is 3.24 Å². The average Bonchev–Trinajstić information content (AvgIpc) is 3.32. The van der Waals surface area contributed by atoms with E-state index in [1.54, 1.807) is 5.20 Å². The Balaban J connectivity index is 0.932. The minimum Gasteiger partial charge on any atom is -0.314 e. The number of anilines is 2. The zero-order chi connectivity index (χ0) is 37.3. The van der Waals surface area contributed by atoms with Gasteiger partial charge in [0.15, 0.2) is 0 Å².